The first kappa shape index (κ1) is 16.8. The molecule has 3 aromatic carbocycles. The first-order valence-corrected chi connectivity index (χ1v) is 9.26. The van der Waals surface area contributed by atoms with E-state index in [1.165, 1.54) is 5.01 Å². The third kappa shape index (κ3) is 2.42. The molecule has 130 valence electrons. The summed E-state index contributed by atoms with van der Waals surface area (Å²) in [4.78, 5) is 26.3. The lowest BCUT2D eigenvalue weighted by Crippen LogP contribution is -2.46. The van der Waals surface area contributed by atoms with Crippen molar-refractivity contribution in [1.29, 1.82) is 0 Å². The number of aryl methyl sites for hydroxylation is 1. The summed E-state index contributed by atoms with van der Waals surface area (Å²) in [6.07, 6.45) is 0. The van der Waals surface area contributed by atoms with Crippen LogP contribution in [-0.2, 0) is 0 Å². The van der Waals surface area contributed by atoms with Gasteiger partial charge >= 0.3 is 0 Å². The van der Waals surface area contributed by atoms with Crippen LogP contribution in [0.5, 0.6) is 0 Å². The first-order valence-electron chi connectivity index (χ1n) is 8.47. The van der Waals surface area contributed by atoms with E-state index in [0.29, 0.717) is 17.7 Å². The SMILES string of the molecule is CCN(c1ccc(C)cc1)N1C(=O)c2cc(Br)c3ccccc3c2C1=O. The van der Waals surface area contributed by atoms with Gasteiger partial charge in [-0.25, -0.2) is 0 Å². The Hall–Kier alpha value is -2.66. The van der Waals surface area contributed by atoms with Crippen molar-refractivity contribution in [2.45, 2.75) is 13.8 Å². The fourth-order valence-electron chi connectivity index (χ4n) is 3.42. The highest BCUT2D eigenvalue weighted by molar-refractivity contribution is 9.10. The maximum Gasteiger partial charge on any atom is 0.281 e. The number of hydrogen-bond donors (Lipinski definition) is 0. The molecule has 0 atom stereocenters. The Morgan fingerprint density at radius 2 is 1.62 bits per heavy atom. The van der Waals surface area contributed by atoms with Crippen LogP contribution >= 0.6 is 15.9 Å². The van der Waals surface area contributed by atoms with Gasteiger partial charge in [-0.1, -0.05) is 57.9 Å². The molecule has 4 rings (SSSR count). The molecule has 1 aliphatic rings. The van der Waals surface area contributed by atoms with E-state index >= 15 is 0 Å². The van der Waals surface area contributed by atoms with Crippen LogP contribution < -0.4 is 5.01 Å². The van der Waals surface area contributed by atoms with Gasteiger partial charge in [-0.15, -0.1) is 0 Å². The van der Waals surface area contributed by atoms with Gasteiger partial charge in [0, 0.05) is 11.0 Å². The molecule has 0 saturated carbocycles. The number of fused-ring (bicyclic) bond motifs is 3. The minimum Gasteiger partial charge on any atom is -0.276 e. The van der Waals surface area contributed by atoms with Gasteiger partial charge in [0.25, 0.3) is 11.8 Å². The monoisotopic (exact) mass is 408 g/mol. The van der Waals surface area contributed by atoms with Crippen LogP contribution in [0.15, 0.2) is 59.1 Å². The lowest BCUT2D eigenvalue weighted by atomic mass is 10.0. The molecule has 26 heavy (non-hydrogen) atoms. The van der Waals surface area contributed by atoms with Crippen LogP contribution in [0.2, 0.25) is 0 Å². The Kier molecular flexibility index (Phi) is 4.04. The summed E-state index contributed by atoms with van der Waals surface area (Å²) in [7, 11) is 0. The van der Waals surface area contributed by atoms with E-state index in [0.717, 1.165) is 26.5 Å². The number of benzene rings is 3. The van der Waals surface area contributed by atoms with Crippen molar-refractivity contribution in [2.75, 3.05) is 11.6 Å². The molecule has 0 radical (unpaired) electrons. The highest BCUT2D eigenvalue weighted by atomic mass is 79.9. The Balaban J connectivity index is 1.87. The number of hydrogen-bond acceptors (Lipinski definition) is 3. The molecular formula is C21H17BrN2O2. The molecule has 0 aromatic heterocycles. The molecular weight excluding hydrogens is 392 g/mol. The van der Waals surface area contributed by atoms with Crippen LogP contribution in [0.4, 0.5) is 5.69 Å². The maximum atomic E-state index is 13.2. The van der Waals surface area contributed by atoms with Crippen molar-refractivity contribution < 1.29 is 9.59 Å². The number of imide groups is 1. The summed E-state index contributed by atoms with van der Waals surface area (Å²) in [5.74, 6) is -0.574. The smallest absolute Gasteiger partial charge is 0.276 e. The van der Waals surface area contributed by atoms with E-state index < -0.39 is 0 Å². The fourth-order valence-corrected chi connectivity index (χ4v) is 3.99. The summed E-state index contributed by atoms with van der Waals surface area (Å²) in [5.41, 5.74) is 2.85. The molecule has 1 heterocycles. The normalized spacial score (nSPS) is 13.4. The summed E-state index contributed by atoms with van der Waals surface area (Å²) in [6.45, 7) is 4.44. The topological polar surface area (TPSA) is 40.6 Å². The van der Waals surface area contributed by atoms with E-state index in [1.54, 1.807) is 11.1 Å². The van der Waals surface area contributed by atoms with Gasteiger partial charge in [0.15, 0.2) is 0 Å². The molecule has 0 N–H and O–H groups in total. The quantitative estimate of drug-likeness (QED) is 0.575. The molecule has 1 aliphatic heterocycles. The van der Waals surface area contributed by atoms with Gasteiger partial charge < -0.3 is 0 Å². The van der Waals surface area contributed by atoms with Gasteiger partial charge in [0.05, 0.1) is 16.8 Å². The summed E-state index contributed by atoms with van der Waals surface area (Å²) < 4.78 is 0.813. The van der Waals surface area contributed by atoms with Crippen LogP contribution in [0.3, 0.4) is 0 Å². The average Bonchev–Trinajstić information content (AvgIpc) is 2.89. The molecule has 5 heteroatoms. The summed E-state index contributed by atoms with van der Waals surface area (Å²) in [6, 6.07) is 17.2. The number of anilines is 1. The van der Waals surface area contributed by atoms with Crippen molar-refractivity contribution in [3.05, 3.63) is 75.8 Å². The average molecular weight is 409 g/mol. The lowest BCUT2D eigenvalue weighted by Gasteiger charge is -2.30. The van der Waals surface area contributed by atoms with E-state index in [9.17, 15) is 9.59 Å². The minimum absolute atomic E-state index is 0.281. The van der Waals surface area contributed by atoms with Crippen molar-refractivity contribution in [1.82, 2.24) is 5.01 Å². The van der Waals surface area contributed by atoms with Gasteiger partial charge in [-0.3, -0.25) is 14.6 Å². The third-order valence-corrected chi connectivity index (χ3v) is 5.35. The fraction of sp³-hybridized carbons (Fsp3) is 0.143. The molecule has 0 bridgehead atoms. The number of halogens is 1. The van der Waals surface area contributed by atoms with E-state index in [2.05, 4.69) is 15.9 Å². The second-order valence-corrected chi connectivity index (χ2v) is 7.15. The number of amides is 2. The molecule has 2 amide bonds. The largest absolute Gasteiger partial charge is 0.281 e. The number of rotatable bonds is 3. The Bertz CT molecular complexity index is 1040. The van der Waals surface area contributed by atoms with Crippen molar-refractivity contribution in [3.8, 4) is 0 Å². The predicted octanol–water partition coefficient (Wildman–Crippen LogP) is 4.95. The molecule has 0 fully saturated rings. The lowest BCUT2D eigenvalue weighted by molar-refractivity contribution is 0.0636. The van der Waals surface area contributed by atoms with Crippen LogP contribution in [0.1, 0.15) is 33.2 Å². The van der Waals surface area contributed by atoms with Gasteiger partial charge in [-0.2, -0.15) is 5.01 Å². The van der Waals surface area contributed by atoms with Crippen molar-refractivity contribution >= 4 is 44.2 Å². The Labute approximate surface area is 160 Å². The number of nitrogens with zero attached hydrogens (tertiary/aromatic N) is 2. The second-order valence-electron chi connectivity index (χ2n) is 6.30. The minimum atomic E-state index is -0.293. The number of carbonyl (C=O) groups is 2. The van der Waals surface area contributed by atoms with Crippen molar-refractivity contribution in [2.24, 2.45) is 0 Å². The zero-order valence-electron chi connectivity index (χ0n) is 14.5. The predicted molar refractivity (Wildman–Crippen MR) is 106 cm³/mol. The number of hydrazine groups is 1. The van der Waals surface area contributed by atoms with E-state index in [4.69, 9.17) is 0 Å². The van der Waals surface area contributed by atoms with Gasteiger partial charge in [0.2, 0.25) is 0 Å². The van der Waals surface area contributed by atoms with Crippen LogP contribution in [0, 0.1) is 6.92 Å². The second kappa shape index (κ2) is 6.25. The molecule has 4 nitrogen and oxygen atoms in total. The Morgan fingerprint density at radius 3 is 2.27 bits per heavy atom. The molecule has 0 aliphatic carbocycles. The molecule has 0 saturated heterocycles. The highest BCUT2D eigenvalue weighted by Crippen LogP contribution is 2.36. The third-order valence-electron chi connectivity index (χ3n) is 4.70. The molecule has 0 unspecified atom stereocenters. The summed E-state index contributed by atoms with van der Waals surface area (Å²) >= 11 is 3.53. The Morgan fingerprint density at radius 1 is 0.962 bits per heavy atom. The van der Waals surface area contributed by atoms with Crippen LogP contribution in [-0.4, -0.2) is 23.4 Å². The number of carbonyl (C=O) groups excluding carboxylic acids is 2. The maximum absolute atomic E-state index is 13.2. The van der Waals surface area contributed by atoms with Crippen molar-refractivity contribution in [3.63, 3.8) is 0 Å². The first-order chi connectivity index (χ1) is 12.5. The highest BCUT2D eigenvalue weighted by Gasteiger charge is 2.41. The summed E-state index contributed by atoms with van der Waals surface area (Å²) in [5, 5.41) is 4.70. The van der Waals surface area contributed by atoms with Gasteiger partial charge in [-0.05, 0) is 42.8 Å². The zero-order chi connectivity index (χ0) is 18.4. The van der Waals surface area contributed by atoms with E-state index in [-0.39, 0.29) is 11.8 Å². The molecule has 0 spiro atoms. The van der Waals surface area contributed by atoms with Gasteiger partial charge in [0.1, 0.15) is 0 Å². The van der Waals surface area contributed by atoms with E-state index in [1.807, 2.05) is 62.4 Å². The standard InChI is InChI=1S/C21H17BrN2O2/c1-3-23(14-10-8-13(2)9-11-14)24-20(25)17-12-18(22)15-6-4-5-7-16(15)19(17)21(24)26/h4-12H,3H2,1-2H3. The van der Waals surface area contributed by atoms with Crippen LogP contribution in [0.25, 0.3) is 10.8 Å². The zero-order valence-corrected chi connectivity index (χ0v) is 16.1. The molecule has 3 aromatic rings.